The van der Waals surface area contributed by atoms with Crippen LogP contribution in [0.25, 0.3) is 10.2 Å². The molecule has 1 aromatic carbocycles. The number of aromatic nitrogens is 1. The van der Waals surface area contributed by atoms with Gasteiger partial charge >= 0.3 is 0 Å². The van der Waals surface area contributed by atoms with E-state index in [0.29, 0.717) is 5.92 Å². The summed E-state index contributed by atoms with van der Waals surface area (Å²) >= 11 is 1.74. The fraction of sp³-hybridized carbons (Fsp3) is 0.462. The third kappa shape index (κ3) is 3.25. The molecule has 1 atom stereocenters. The van der Waals surface area contributed by atoms with Gasteiger partial charge in [0.1, 0.15) is 5.01 Å². The first-order valence-corrected chi connectivity index (χ1v) is 6.79. The van der Waals surface area contributed by atoms with E-state index in [0.717, 1.165) is 23.6 Å². The minimum Gasteiger partial charge on any atom is -0.326 e. The molecule has 0 saturated heterocycles. The number of hydrogen-bond donors (Lipinski definition) is 2. The molecule has 3 nitrogen and oxygen atoms in total. The Morgan fingerprint density at radius 3 is 2.82 bits per heavy atom. The van der Waals surface area contributed by atoms with Gasteiger partial charge in [-0.05, 0) is 18.1 Å². The van der Waals surface area contributed by atoms with Gasteiger partial charge in [0, 0.05) is 19.1 Å². The maximum absolute atomic E-state index is 5.98. The first-order chi connectivity index (χ1) is 8.16. The van der Waals surface area contributed by atoms with Crippen LogP contribution in [0.1, 0.15) is 18.9 Å². The summed E-state index contributed by atoms with van der Waals surface area (Å²) in [6, 6.07) is 8.44. The number of nitrogens with zero attached hydrogens (tertiary/aromatic N) is 1. The Labute approximate surface area is 106 Å². The number of hydrogen-bond acceptors (Lipinski definition) is 4. The largest absolute Gasteiger partial charge is 0.326 e. The number of thiazole rings is 1. The van der Waals surface area contributed by atoms with Gasteiger partial charge < -0.3 is 11.1 Å². The van der Waals surface area contributed by atoms with Gasteiger partial charge in [-0.1, -0.05) is 26.0 Å². The van der Waals surface area contributed by atoms with E-state index in [2.05, 4.69) is 36.3 Å². The summed E-state index contributed by atoms with van der Waals surface area (Å²) in [5.41, 5.74) is 7.06. The lowest BCUT2D eigenvalue weighted by atomic mass is 10.1. The summed E-state index contributed by atoms with van der Waals surface area (Å²) in [5.74, 6) is 0.512. The van der Waals surface area contributed by atoms with Crippen LogP contribution in [0.15, 0.2) is 24.3 Å². The van der Waals surface area contributed by atoms with Crippen LogP contribution >= 0.6 is 11.3 Å². The molecule has 1 unspecified atom stereocenters. The molecule has 17 heavy (non-hydrogen) atoms. The molecular weight excluding hydrogens is 230 g/mol. The zero-order valence-electron chi connectivity index (χ0n) is 10.3. The van der Waals surface area contributed by atoms with E-state index in [1.54, 1.807) is 11.3 Å². The maximum Gasteiger partial charge on any atom is 0.108 e. The van der Waals surface area contributed by atoms with Gasteiger partial charge in [0.15, 0.2) is 0 Å². The Bertz CT molecular complexity index is 445. The van der Waals surface area contributed by atoms with Crippen molar-refractivity contribution in [3.63, 3.8) is 0 Å². The average Bonchev–Trinajstić information content (AvgIpc) is 2.71. The quantitative estimate of drug-likeness (QED) is 0.855. The smallest absolute Gasteiger partial charge is 0.108 e. The normalized spacial score (nSPS) is 13.4. The molecule has 0 saturated carbocycles. The first kappa shape index (κ1) is 12.5. The third-order valence-electron chi connectivity index (χ3n) is 2.85. The van der Waals surface area contributed by atoms with E-state index in [1.807, 2.05) is 12.1 Å². The number of para-hydroxylation sites is 1. The van der Waals surface area contributed by atoms with Crippen molar-refractivity contribution in [3.05, 3.63) is 29.3 Å². The Hall–Kier alpha value is -0.970. The Morgan fingerprint density at radius 1 is 1.35 bits per heavy atom. The molecule has 0 amide bonds. The van der Waals surface area contributed by atoms with Gasteiger partial charge in [0.25, 0.3) is 0 Å². The van der Waals surface area contributed by atoms with E-state index < -0.39 is 0 Å². The van der Waals surface area contributed by atoms with Crippen molar-refractivity contribution in [1.29, 1.82) is 0 Å². The molecule has 1 aromatic heterocycles. The highest BCUT2D eigenvalue weighted by Gasteiger charge is 2.07. The van der Waals surface area contributed by atoms with Crippen LogP contribution in [-0.2, 0) is 6.54 Å². The molecule has 0 spiro atoms. The van der Waals surface area contributed by atoms with Crippen molar-refractivity contribution < 1.29 is 0 Å². The molecule has 92 valence electrons. The van der Waals surface area contributed by atoms with Gasteiger partial charge in [0.05, 0.1) is 10.2 Å². The maximum atomic E-state index is 5.98. The summed E-state index contributed by atoms with van der Waals surface area (Å²) in [4.78, 5) is 4.57. The molecular formula is C13H19N3S. The average molecular weight is 249 g/mol. The Morgan fingerprint density at radius 2 is 2.12 bits per heavy atom. The van der Waals surface area contributed by atoms with Crippen molar-refractivity contribution in [2.24, 2.45) is 11.7 Å². The lowest BCUT2D eigenvalue weighted by Gasteiger charge is -2.15. The molecule has 0 radical (unpaired) electrons. The minimum atomic E-state index is 0.212. The second-order valence-corrected chi connectivity index (χ2v) is 5.73. The highest BCUT2D eigenvalue weighted by molar-refractivity contribution is 7.18. The van der Waals surface area contributed by atoms with Crippen molar-refractivity contribution in [2.45, 2.75) is 26.4 Å². The van der Waals surface area contributed by atoms with Crippen LogP contribution in [0.2, 0.25) is 0 Å². The fourth-order valence-corrected chi connectivity index (χ4v) is 2.51. The number of nitrogens with two attached hydrogens (primary N) is 1. The number of benzene rings is 1. The van der Waals surface area contributed by atoms with E-state index >= 15 is 0 Å². The van der Waals surface area contributed by atoms with E-state index in [9.17, 15) is 0 Å². The van der Waals surface area contributed by atoms with Crippen LogP contribution in [-0.4, -0.2) is 17.6 Å². The molecule has 2 aromatic rings. The Balaban J connectivity index is 1.91. The monoisotopic (exact) mass is 249 g/mol. The predicted molar refractivity (Wildman–Crippen MR) is 74.1 cm³/mol. The van der Waals surface area contributed by atoms with E-state index in [-0.39, 0.29) is 6.04 Å². The molecule has 0 aliphatic carbocycles. The highest BCUT2D eigenvalue weighted by atomic mass is 32.1. The molecule has 2 rings (SSSR count). The van der Waals surface area contributed by atoms with Crippen LogP contribution in [0.3, 0.4) is 0 Å². The lowest BCUT2D eigenvalue weighted by Crippen LogP contribution is -2.37. The Kier molecular flexibility index (Phi) is 4.10. The van der Waals surface area contributed by atoms with Crippen molar-refractivity contribution in [1.82, 2.24) is 10.3 Å². The lowest BCUT2D eigenvalue weighted by molar-refractivity contribution is 0.458. The second-order valence-electron chi connectivity index (χ2n) is 4.61. The standard InChI is InChI=1S/C13H19N3S/c1-9(2)10(14)7-15-8-13-16-11-5-3-4-6-12(11)17-13/h3-6,9-10,15H,7-8,14H2,1-2H3. The van der Waals surface area contributed by atoms with Gasteiger partial charge in [-0.2, -0.15) is 0 Å². The summed E-state index contributed by atoms with van der Waals surface area (Å²) < 4.78 is 1.25. The van der Waals surface area contributed by atoms with Gasteiger partial charge in [-0.25, -0.2) is 4.98 Å². The molecule has 4 heteroatoms. The van der Waals surface area contributed by atoms with Crippen molar-refractivity contribution in [3.8, 4) is 0 Å². The van der Waals surface area contributed by atoms with Crippen LogP contribution in [0, 0.1) is 5.92 Å². The number of nitrogens with one attached hydrogen (secondary N) is 1. The highest BCUT2D eigenvalue weighted by Crippen LogP contribution is 2.21. The molecule has 0 fully saturated rings. The molecule has 1 heterocycles. The minimum absolute atomic E-state index is 0.212. The van der Waals surface area contributed by atoms with Crippen LogP contribution in [0.5, 0.6) is 0 Å². The van der Waals surface area contributed by atoms with Crippen molar-refractivity contribution in [2.75, 3.05) is 6.54 Å². The summed E-state index contributed by atoms with van der Waals surface area (Å²) in [7, 11) is 0. The van der Waals surface area contributed by atoms with E-state index in [4.69, 9.17) is 5.73 Å². The fourth-order valence-electron chi connectivity index (χ4n) is 1.58. The van der Waals surface area contributed by atoms with Crippen molar-refractivity contribution >= 4 is 21.6 Å². The summed E-state index contributed by atoms with van der Waals surface area (Å²) in [6.45, 7) is 5.93. The second kappa shape index (κ2) is 5.58. The first-order valence-electron chi connectivity index (χ1n) is 5.97. The predicted octanol–water partition coefficient (Wildman–Crippen LogP) is 2.37. The van der Waals surface area contributed by atoms with Crippen LogP contribution in [0.4, 0.5) is 0 Å². The van der Waals surface area contributed by atoms with Gasteiger partial charge in [-0.3, -0.25) is 0 Å². The molecule has 0 bridgehead atoms. The van der Waals surface area contributed by atoms with Gasteiger partial charge in [0.2, 0.25) is 0 Å². The summed E-state index contributed by atoms with van der Waals surface area (Å²) in [5, 5.41) is 4.49. The topological polar surface area (TPSA) is 50.9 Å². The number of rotatable bonds is 5. The zero-order chi connectivity index (χ0) is 12.3. The number of fused-ring (bicyclic) bond motifs is 1. The zero-order valence-corrected chi connectivity index (χ0v) is 11.1. The molecule has 0 aliphatic heterocycles. The summed E-state index contributed by atoms with van der Waals surface area (Å²) in [6.07, 6.45) is 0. The van der Waals surface area contributed by atoms with Gasteiger partial charge in [-0.15, -0.1) is 11.3 Å². The SMILES string of the molecule is CC(C)C(N)CNCc1nc2ccccc2s1. The van der Waals surface area contributed by atoms with E-state index in [1.165, 1.54) is 4.70 Å². The molecule has 3 N–H and O–H groups in total. The van der Waals surface area contributed by atoms with Crippen LogP contribution < -0.4 is 11.1 Å². The molecule has 0 aliphatic rings. The third-order valence-corrected chi connectivity index (χ3v) is 3.89.